The summed E-state index contributed by atoms with van der Waals surface area (Å²) < 4.78 is 6.14. The number of benzene rings is 2. The van der Waals surface area contributed by atoms with Crippen molar-refractivity contribution < 1.29 is 9.53 Å². The third-order valence-corrected chi connectivity index (χ3v) is 7.84. The summed E-state index contributed by atoms with van der Waals surface area (Å²) in [6, 6.07) is 19.6. The molecule has 184 valence electrons. The maximum atomic E-state index is 12.8. The minimum absolute atomic E-state index is 0.177. The number of carbonyl (C=O) groups is 1. The molecule has 0 radical (unpaired) electrons. The Kier molecular flexibility index (Phi) is 9.04. The Morgan fingerprint density at radius 2 is 1.65 bits per heavy atom. The fraction of sp³-hybridized carbons (Fsp3) is 0.567. The molecular formula is C30H42N2O2. The smallest absolute Gasteiger partial charge is 0.225 e. The Labute approximate surface area is 206 Å². The van der Waals surface area contributed by atoms with E-state index in [9.17, 15) is 4.79 Å². The Morgan fingerprint density at radius 3 is 2.32 bits per heavy atom. The summed E-state index contributed by atoms with van der Waals surface area (Å²) in [6.45, 7) is 10.0. The van der Waals surface area contributed by atoms with Gasteiger partial charge in [-0.05, 0) is 80.8 Å². The first-order chi connectivity index (χ1) is 16.7. The number of piperidine rings is 2. The van der Waals surface area contributed by atoms with E-state index in [4.69, 9.17) is 4.74 Å². The highest BCUT2D eigenvalue weighted by atomic mass is 16.5. The molecule has 4 rings (SSSR count). The molecule has 2 aromatic rings. The molecule has 0 unspecified atom stereocenters. The number of hydrogen-bond acceptors (Lipinski definition) is 3. The summed E-state index contributed by atoms with van der Waals surface area (Å²) in [6.07, 6.45) is 6.57. The minimum Gasteiger partial charge on any atom is -0.493 e. The van der Waals surface area contributed by atoms with Gasteiger partial charge in [-0.15, -0.1) is 0 Å². The van der Waals surface area contributed by atoms with Crippen LogP contribution in [0.15, 0.2) is 54.6 Å². The predicted octanol–water partition coefficient (Wildman–Crippen LogP) is 6.12. The summed E-state index contributed by atoms with van der Waals surface area (Å²) in [4.78, 5) is 17.4. The molecule has 4 nitrogen and oxygen atoms in total. The van der Waals surface area contributed by atoms with E-state index in [1.165, 1.54) is 24.0 Å². The van der Waals surface area contributed by atoms with Gasteiger partial charge in [0.1, 0.15) is 5.75 Å². The largest absolute Gasteiger partial charge is 0.493 e. The molecule has 0 aromatic heterocycles. The van der Waals surface area contributed by atoms with E-state index < -0.39 is 0 Å². The summed E-state index contributed by atoms with van der Waals surface area (Å²) in [5.74, 6) is 2.59. The van der Waals surface area contributed by atoms with E-state index in [1.807, 2.05) is 0 Å². The van der Waals surface area contributed by atoms with Crippen molar-refractivity contribution in [3.63, 3.8) is 0 Å². The van der Waals surface area contributed by atoms with E-state index in [-0.39, 0.29) is 5.92 Å². The van der Waals surface area contributed by atoms with Crippen LogP contribution < -0.4 is 4.74 Å². The molecular weight excluding hydrogens is 420 g/mol. The summed E-state index contributed by atoms with van der Waals surface area (Å²) in [5, 5.41) is 0. The molecule has 2 aliphatic rings. The van der Waals surface area contributed by atoms with Crippen LogP contribution in [-0.4, -0.2) is 48.5 Å². The van der Waals surface area contributed by atoms with Gasteiger partial charge >= 0.3 is 0 Å². The Bertz CT molecular complexity index is 870. The molecule has 1 atom stereocenters. The number of hydrogen-bond donors (Lipinski definition) is 0. The molecule has 0 N–H and O–H groups in total. The van der Waals surface area contributed by atoms with Crippen LogP contribution in [0.4, 0.5) is 0 Å². The van der Waals surface area contributed by atoms with Crippen molar-refractivity contribution in [1.82, 2.24) is 9.80 Å². The molecule has 1 amide bonds. The summed E-state index contributed by atoms with van der Waals surface area (Å²) in [5.41, 5.74) is 2.84. The van der Waals surface area contributed by atoms with E-state index in [0.29, 0.717) is 24.3 Å². The molecule has 2 heterocycles. The number of ether oxygens (including phenoxy) is 1. The van der Waals surface area contributed by atoms with Crippen molar-refractivity contribution >= 4 is 5.91 Å². The Morgan fingerprint density at radius 1 is 0.941 bits per heavy atom. The van der Waals surface area contributed by atoms with Crippen LogP contribution >= 0.6 is 0 Å². The molecule has 0 saturated carbocycles. The molecule has 4 heteroatoms. The van der Waals surface area contributed by atoms with Gasteiger partial charge in [0.05, 0.1) is 6.61 Å². The van der Waals surface area contributed by atoms with E-state index in [0.717, 1.165) is 64.2 Å². The Balaban J connectivity index is 1.20. The van der Waals surface area contributed by atoms with Crippen LogP contribution in [-0.2, 0) is 11.3 Å². The van der Waals surface area contributed by atoms with Crippen LogP contribution in [0.1, 0.15) is 69.4 Å². The summed E-state index contributed by atoms with van der Waals surface area (Å²) >= 11 is 0. The van der Waals surface area contributed by atoms with Gasteiger partial charge in [-0.1, -0.05) is 56.3 Å². The monoisotopic (exact) mass is 462 g/mol. The molecule has 2 fully saturated rings. The molecule has 0 spiro atoms. The highest BCUT2D eigenvalue weighted by Gasteiger charge is 2.27. The van der Waals surface area contributed by atoms with E-state index in [2.05, 4.69) is 78.2 Å². The maximum absolute atomic E-state index is 12.8. The van der Waals surface area contributed by atoms with E-state index >= 15 is 0 Å². The maximum Gasteiger partial charge on any atom is 0.225 e. The van der Waals surface area contributed by atoms with Crippen LogP contribution in [0, 0.1) is 11.8 Å². The molecule has 2 aliphatic heterocycles. The first-order valence-corrected chi connectivity index (χ1v) is 13.4. The average Bonchev–Trinajstić information content (AvgIpc) is 2.90. The number of rotatable bonds is 9. The first kappa shape index (κ1) is 24.8. The predicted molar refractivity (Wildman–Crippen MR) is 139 cm³/mol. The molecule has 2 saturated heterocycles. The lowest BCUT2D eigenvalue weighted by Crippen LogP contribution is -2.44. The SMILES string of the molecule is CCC(CC)C(=O)N1CCC[C@H](COc2ccc(CN3CCC(c4ccccc4)CC3)cc2)C1. The molecule has 2 aromatic carbocycles. The topological polar surface area (TPSA) is 32.8 Å². The van der Waals surface area contributed by atoms with Crippen molar-refractivity contribution in [3.8, 4) is 5.75 Å². The van der Waals surface area contributed by atoms with Gasteiger partial charge in [0.15, 0.2) is 0 Å². The van der Waals surface area contributed by atoms with Crippen LogP contribution in [0.3, 0.4) is 0 Å². The number of likely N-dealkylation sites (tertiary alicyclic amines) is 2. The van der Waals surface area contributed by atoms with Crippen LogP contribution in [0.2, 0.25) is 0 Å². The average molecular weight is 463 g/mol. The second-order valence-electron chi connectivity index (χ2n) is 10.2. The summed E-state index contributed by atoms with van der Waals surface area (Å²) in [7, 11) is 0. The van der Waals surface area contributed by atoms with Gasteiger partial charge in [0.25, 0.3) is 0 Å². The first-order valence-electron chi connectivity index (χ1n) is 13.4. The van der Waals surface area contributed by atoms with Gasteiger partial charge in [-0.2, -0.15) is 0 Å². The second kappa shape index (κ2) is 12.4. The highest BCUT2D eigenvalue weighted by molar-refractivity contribution is 5.78. The van der Waals surface area contributed by atoms with Crippen molar-refractivity contribution in [3.05, 3.63) is 65.7 Å². The second-order valence-corrected chi connectivity index (χ2v) is 10.2. The molecule has 0 bridgehead atoms. The third-order valence-electron chi connectivity index (χ3n) is 7.84. The fourth-order valence-corrected chi connectivity index (χ4v) is 5.61. The zero-order valence-electron chi connectivity index (χ0n) is 21.1. The zero-order chi connectivity index (χ0) is 23.8. The van der Waals surface area contributed by atoms with Gasteiger partial charge in [-0.25, -0.2) is 0 Å². The van der Waals surface area contributed by atoms with Crippen molar-refractivity contribution in [1.29, 1.82) is 0 Å². The Hall–Kier alpha value is -2.33. The molecule has 34 heavy (non-hydrogen) atoms. The van der Waals surface area contributed by atoms with Crippen molar-refractivity contribution in [2.24, 2.45) is 11.8 Å². The van der Waals surface area contributed by atoms with E-state index in [1.54, 1.807) is 0 Å². The van der Waals surface area contributed by atoms with Crippen molar-refractivity contribution in [2.75, 3.05) is 32.8 Å². The lowest BCUT2D eigenvalue weighted by molar-refractivity contribution is -0.137. The van der Waals surface area contributed by atoms with Gasteiger partial charge in [0, 0.05) is 31.5 Å². The van der Waals surface area contributed by atoms with Gasteiger partial charge in [0.2, 0.25) is 5.91 Å². The minimum atomic E-state index is 0.177. The van der Waals surface area contributed by atoms with Crippen LogP contribution in [0.25, 0.3) is 0 Å². The number of amides is 1. The van der Waals surface area contributed by atoms with Gasteiger partial charge in [-0.3, -0.25) is 9.69 Å². The zero-order valence-corrected chi connectivity index (χ0v) is 21.1. The molecule has 0 aliphatic carbocycles. The standard InChI is InChI=1S/C30H42N2O2/c1-3-26(4-2)30(33)32-18-8-9-25(22-32)23-34-29-14-12-24(13-15-29)21-31-19-16-28(17-20-31)27-10-6-5-7-11-27/h5-7,10-15,25-26,28H,3-4,8-9,16-23H2,1-2H3/t25-/m0/s1. The fourth-order valence-electron chi connectivity index (χ4n) is 5.61. The van der Waals surface area contributed by atoms with Gasteiger partial charge < -0.3 is 9.64 Å². The van der Waals surface area contributed by atoms with Crippen molar-refractivity contribution in [2.45, 2.75) is 64.8 Å². The number of nitrogens with zero attached hydrogens (tertiary/aromatic N) is 2. The number of carbonyl (C=O) groups excluding carboxylic acids is 1. The normalized spacial score (nSPS) is 20.0. The highest BCUT2D eigenvalue weighted by Crippen LogP contribution is 2.29. The quantitative estimate of drug-likeness (QED) is 0.450. The third kappa shape index (κ3) is 6.63. The lowest BCUT2D eigenvalue weighted by Gasteiger charge is -2.34. The lowest BCUT2D eigenvalue weighted by atomic mass is 9.89. The van der Waals surface area contributed by atoms with Crippen LogP contribution in [0.5, 0.6) is 5.75 Å².